The minimum atomic E-state index is -0.0655. The summed E-state index contributed by atoms with van der Waals surface area (Å²) < 4.78 is 7.23. The van der Waals surface area contributed by atoms with Gasteiger partial charge in [-0.2, -0.15) is 5.10 Å². The van der Waals surface area contributed by atoms with E-state index < -0.39 is 0 Å². The average molecular weight is 383 g/mol. The molecule has 0 saturated heterocycles. The first-order valence-corrected chi connectivity index (χ1v) is 10.2. The van der Waals surface area contributed by atoms with Crippen LogP contribution in [0.3, 0.4) is 0 Å². The monoisotopic (exact) mass is 383 g/mol. The molecule has 3 atom stereocenters. The number of aliphatic hydroxyl groups is 1. The molecule has 3 aliphatic carbocycles. The molecule has 0 aliphatic heterocycles. The number of nitrogens with one attached hydrogen (secondary N) is 1. The Balaban J connectivity index is 1.42. The Morgan fingerprint density at radius 2 is 2.11 bits per heavy atom. The van der Waals surface area contributed by atoms with Gasteiger partial charge in [-0.15, -0.1) is 0 Å². The van der Waals surface area contributed by atoms with Crippen LogP contribution in [0.4, 0.5) is 0 Å². The number of amides is 1. The zero-order chi connectivity index (χ0) is 19.6. The van der Waals surface area contributed by atoms with Crippen LogP contribution in [0.15, 0.2) is 36.5 Å². The molecule has 6 heteroatoms. The second-order valence-corrected chi connectivity index (χ2v) is 8.08. The van der Waals surface area contributed by atoms with Gasteiger partial charge in [0.2, 0.25) is 5.91 Å². The lowest BCUT2D eigenvalue weighted by atomic mass is 9.58. The topological polar surface area (TPSA) is 76.4 Å². The molecule has 3 fully saturated rings. The van der Waals surface area contributed by atoms with Crippen LogP contribution in [0.5, 0.6) is 0 Å². The molecule has 6 nitrogen and oxygen atoms in total. The minimum Gasteiger partial charge on any atom is -0.396 e. The summed E-state index contributed by atoms with van der Waals surface area (Å²) in [6.07, 6.45) is 5.76. The lowest BCUT2D eigenvalue weighted by Gasteiger charge is -2.46. The maximum atomic E-state index is 13.1. The lowest BCUT2D eigenvalue weighted by molar-refractivity contribution is -0.133. The molecule has 1 amide bonds. The fraction of sp³-hybridized carbons (Fsp3) is 0.545. The van der Waals surface area contributed by atoms with Crippen molar-refractivity contribution in [2.75, 3.05) is 20.3 Å². The van der Waals surface area contributed by atoms with E-state index in [1.54, 1.807) is 7.11 Å². The van der Waals surface area contributed by atoms with E-state index in [1.165, 1.54) is 5.69 Å². The molecule has 2 aromatic rings. The van der Waals surface area contributed by atoms with Crippen molar-refractivity contribution in [3.8, 4) is 0 Å². The molecule has 3 saturated carbocycles. The summed E-state index contributed by atoms with van der Waals surface area (Å²) in [5, 5.41) is 16.6. The first kappa shape index (κ1) is 19.2. The van der Waals surface area contributed by atoms with Gasteiger partial charge < -0.3 is 15.2 Å². The molecule has 28 heavy (non-hydrogen) atoms. The zero-order valence-corrected chi connectivity index (χ0v) is 16.4. The van der Waals surface area contributed by atoms with E-state index in [9.17, 15) is 4.79 Å². The molecule has 5 rings (SSSR count). The van der Waals surface area contributed by atoms with Crippen molar-refractivity contribution in [3.63, 3.8) is 0 Å². The van der Waals surface area contributed by atoms with Gasteiger partial charge in [-0.1, -0.05) is 24.3 Å². The molecule has 0 radical (unpaired) electrons. The number of aromatic nitrogens is 2. The van der Waals surface area contributed by atoms with Crippen LogP contribution in [0, 0.1) is 11.8 Å². The predicted octanol–water partition coefficient (Wildman–Crippen LogP) is 2.05. The molecule has 2 bridgehead atoms. The largest absolute Gasteiger partial charge is 0.396 e. The second-order valence-electron chi connectivity index (χ2n) is 8.08. The van der Waals surface area contributed by atoms with Gasteiger partial charge >= 0.3 is 0 Å². The number of ether oxygens (including phenoxy) is 1. The van der Waals surface area contributed by atoms with Crippen molar-refractivity contribution in [3.05, 3.63) is 53.3 Å². The van der Waals surface area contributed by atoms with Gasteiger partial charge in [0, 0.05) is 37.6 Å². The smallest absolute Gasteiger partial charge is 0.224 e. The van der Waals surface area contributed by atoms with Gasteiger partial charge in [0.25, 0.3) is 0 Å². The SMILES string of the molecule is COCCn1nccc1C12CCC(C1)C2C(=O)NCc1ccc(CCO)cc1. The highest BCUT2D eigenvalue weighted by Gasteiger charge is 2.63. The van der Waals surface area contributed by atoms with Crippen LogP contribution >= 0.6 is 0 Å². The number of carbonyl (C=O) groups is 1. The van der Waals surface area contributed by atoms with Crippen LogP contribution in [-0.4, -0.2) is 41.1 Å². The summed E-state index contributed by atoms with van der Waals surface area (Å²) in [6, 6.07) is 10.2. The van der Waals surface area contributed by atoms with Crippen LogP contribution < -0.4 is 5.32 Å². The first-order chi connectivity index (χ1) is 13.7. The molecule has 3 unspecified atom stereocenters. The summed E-state index contributed by atoms with van der Waals surface area (Å²) in [5.74, 6) is 0.685. The van der Waals surface area contributed by atoms with E-state index in [4.69, 9.17) is 9.84 Å². The standard InChI is InChI=1S/C22H29N3O3/c1-28-13-11-25-19(7-10-24-25)22-9-6-18(14-22)20(22)21(27)23-15-17-4-2-16(3-5-17)8-12-26/h2-5,7,10,18,20,26H,6,8-9,11-15H2,1H3,(H,23,27). The highest BCUT2D eigenvalue weighted by atomic mass is 16.5. The molecular weight excluding hydrogens is 354 g/mol. The molecular formula is C22H29N3O3. The normalized spacial score (nSPS) is 25.5. The number of aliphatic hydroxyl groups excluding tert-OH is 1. The molecule has 1 aromatic carbocycles. The van der Waals surface area contributed by atoms with E-state index in [0.717, 1.165) is 36.9 Å². The van der Waals surface area contributed by atoms with Gasteiger partial charge in [0.15, 0.2) is 0 Å². The van der Waals surface area contributed by atoms with E-state index in [2.05, 4.69) is 16.5 Å². The Morgan fingerprint density at radius 1 is 1.32 bits per heavy atom. The van der Waals surface area contributed by atoms with Crippen LogP contribution in [0.2, 0.25) is 0 Å². The summed E-state index contributed by atoms with van der Waals surface area (Å²) in [5.41, 5.74) is 3.31. The maximum absolute atomic E-state index is 13.1. The Labute approximate surface area is 165 Å². The fourth-order valence-corrected chi connectivity index (χ4v) is 5.19. The quantitative estimate of drug-likeness (QED) is 0.695. The number of benzene rings is 1. The summed E-state index contributed by atoms with van der Waals surface area (Å²) in [6.45, 7) is 2.04. The van der Waals surface area contributed by atoms with Gasteiger partial charge in [-0.25, -0.2) is 0 Å². The number of methoxy groups -OCH3 is 1. The number of fused-ring (bicyclic) bond motifs is 1. The van der Waals surface area contributed by atoms with Gasteiger partial charge in [-0.3, -0.25) is 9.48 Å². The molecule has 1 aromatic heterocycles. The third-order valence-corrected chi connectivity index (χ3v) is 6.56. The van der Waals surface area contributed by atoms with E-state index in [0.29, 0.717) is 25.5 Å². The Hall–Kier alpha value is -2.18. The van der Waals surface area contributed by atoms with E-state index >= 15 is 0 Å². The summed E-state index contributed by atoms with van der Waals surface area (Å²) in [4.78, 5) is 13.1. The molecule has 2 N–H and O–H groups in total. The van der Waals surface area contributed by atoms with Crippen molar-refractivity contribution in [2.45, 2.75) is 44.2 Å². The lowest BCUT2D eigenvalue weighted by Crippen LogP contribution is -2.53. The third kappa shape index (κ3) is 3.35. The number of rotatable bonds is 9. The number of hydrogen-bond donors (Lipinski definition) is 2. The second kappa shape index (κ2) is 8.05. The van der Waals surface area contributed by atoms with Crippen molar-refractivity contribution in [1.82, 2.24) is 15.1 Å². The van der Waals surface area contributed by atoms with E-state index in [-0.39, 0.29) is 23.8 Å². The highest BCUT2D eigenvalue weighted by molar-refractivity contribution is 5.82. The van der Waals surface area contributed by atoms with Crippen molar-refractivity contribution in [1.29, 1.82) is 0 Å². The third-order valence-electron chi connectivity index (χ3n) is 6.56. The molecule has 3 aliphatic rings. The van der Waals surface area contributed by atoms with Crippen molar-refractivity contribution >= 4 is 5.91 Å². The maximum Gasteiger partial charge on any atom is 0.224 e. The van der Waals surface area contributed by atoms with Crippen LogP contribution in [0.25, 0.3) is 0 Å². The average Bonchev–Trinajstić information content (AvgIpc) is 3.40. The Kier molecular flexibility index (Phi) is 5.51. The summed E-state index contributed by atoms with van der Waals surface area (Å²) in [7, 11) is 1.70. The number of nitrogens with zero attached hydrogens (tertiary/aromatic N) is 2. The molecule has 0 spiro atoms. The predicted molar refractivity (Wildman–Crippen MR) is 106 cm³/mol. The van der Waals surface area contributed by atoms with Gasteiger partial charge in [0.1, 0.15) is 0 Å². The number of hydrogen-bond acceptors (Lipinski definition) is 4. The van der Waals surface area contributed by atoms with Crippen molar-refractivity contribution in [2.24, 2.45) is 11.8 Å². The van der Waals surface area contributed by atoms with Gasteiger partial charge in [-0.05, 0) is 48.8 Å². The first-order valence-electron chi connectivity index (χ1n) is 10.2. The Bertz CT molecular complexity index is 813. The number of carbonyl (C=O) groups excluding carboxylic acids is 1. The van der Waals surface area contributed by atoms with Crippen molar-refractivity contribution < 1.29 is 14.6 Å². The van der Waals surface area contributed by atoms with Crippen LogP contribution in [-0.2, 0) is 34.5 Å². The minimum absolute atomic E-state index is 0.0409. The Morgan fingerprint density at radius 3 is 2.82 bits per heavy atom. The molecule has 150 valence electrons. The zero-order valence-electron chi connectivity index (χ0n) is 16.4. The van der Waals surface area contributed by atoms with E-state index in [1.807, 2.05) is 35.1 Å². The van der Waals surface area contributed by atoms with Gasteiger partial charge in [0.05, 0.1) is 19.1 Å². The fourth-order valence-electron chi connectivity index (χ4n) is 5.19. The highest BCUT2D eigenvalue weighted by Crippen LogP contribution is 2.63. The summed E-state index contributed by atoms with van der Waals surface area (Å²) >= 11 is 0. The molecule has 1 heterocycles. The van der Waals surface area contributed by atoms with Crippen LogP contribution in [0.1, 0.15) is 36.1 Å².